The van der Waals surface area contributed by atoms with Crippen molar-refractivity contribution in [1.29, 1.82) is 0 Å². The molecule has 0 spiro atoms. The van der Waals surface area contributed by atoms with Gasteiger partial charge < -0.3 is 15.2 Å². The lowest BCUT2D eigenvalue weighted by Gasteiger charge is -2.14. The molecule has 0 saturated heterocycles. The molecule has 0 saturated carbocycles. The number of carboxylic acids is 1. The summed E-state index contributed by atoms with van der Waals surface area (Å²) in [6, 6.07) is 7.48. The molecule has 1 aromatic carbocycles. The smallest absolute Gasteiger partial charge is 0.355 e. The average Bonchev–Trinajstić information content (AvgIpc) is 3.02. The highest BCUT2D eigenvalue weighted by atomic mass is 32.2. The van der Waals surface area contributed by atoms with Gasteiger partial charge in [0.25, 0.3) is 5.91 Å². The van der Waals surface area contributed by atoms with E-state index < -0.39 is 12.1 Å². The van der Waals surface area contributed by atoms with Crippen molar-refractivity contribution < 1.29 is 19.4 Å². The Bertz CT molecular complexity index is 685. The predicted molar refractivity (Wildman–Crippen MR) is 89.2 cm³/mol. The summed E-state index contributed by atoms with van der Waals surface area (Å²) in [5, 5.41) is 13.5. The van der Waals surface area contributed by atoms with Gasteiger partial charge in [-0.05, 0) is 37.4 Å². The number of aromatic nitrogens is 1. The van der Waals surface area contributed by atoms with Crippen molar-refractivity contribution in [2.45, 2.75) is 24.5 Å². The molecule has 1 unspecified atom stereocenters. The van der Waals surface area contributed by atoms with Gasteiger partial charge in [0.05, 0.1) is 6.54 Å². The van der Waals surface area contributed by atoms with Gasteiger partial charge in [-0.2, -0.15) is 0 Å². The molecule has 2 aromatic rings. The van der Waals surface area contributed by atoms with Crippen LogP contribution in [0.15, 0.2) is 34.5 Å². The standard InChI is InChI=1S/C15H16N2O4S2/c1-9(21-10-3-5-11(22-2)6-4-10)14(18)16-7-13-17-12(8-23-13)15(19)20/h3-6,8-9H,7H2,1-2H3,(H,16,18)(H,19,20). The fourth-order valence-corrected chi connectivity index (χ4v) is 2.82. The summed E-state index contributed by atoms with van der Waals surface area (Å²) in [7, 11) is 0. The largest absolute Gasteiger partial charge is 0.481 e. The molecule has 0 fully saturated rings. The third-order valence-corrected chi connectivity index (χ3v) is 4.52. The SMILES string of the molecule is CSc1ccc(OC(C)C(=O)NCc2nc(C(=O)O)cs2)cc1. The maximum absolute atomic E-state index is 12.0. The number of nitrogens with one attached hydrogen (secondary N) is 1. The van der Waals surface area contributed by atoms with Crippen molar-refractivity contribution in [2.24, 2.45) is 0 Å². The third kappa shape index (κ3) is 4.97. The summed E-state index contributed by atoms with van der Waals surface area (Å²) in [6.45, 7) is 1.83. The van der Waals surface area contributed by atoms with Crippen LogP contribution in [-0.4, -0.2) is 34.3 Å². The van der Waals surface area contributed by atoms with E-state index in [1.807, 2.05) is 30.5 Å². The van der Waals surface area contributed by atoms with Gasteiger partial charge in [0, 0.05) is 10.3 Å². The molecular formula is C15H16N2O4S2. The number of hydrogen-bond acceptors (Lipinski definition) is 6. The molecule has 122 valence electrons. The van der Waals surface area contributed by atoms with Gasteiger partial charge in [0.1, 0.15) is 10.8 Å². The van der Waals surface area contributed by atoms with E-state index in [1.54, 1.807) is 18.7 Å². The number of carbonyl (C=O) groups excluding carboxylic acids is 1. The Morgan fingerprint density at radius 1 is 1.39 bits per heavy atom. The first kappa shape index (κ1) is 17.3. The highest BCUT2D eigenvalue weighted by Gasteiger charge is 2.15. The quantitative estimate of drug-likeness (QED) is 0.745. The van der Waals surface area contributed by atoms with Crippen LogP contribution in [0.1, 0.15) is 22.4 Å². The van der Waals surface area contributed by atoms with Crippen molar-refractivity contribution in [3.63, 3.8) is 0 Å². The Morgan fingerprint density at radius 2 is 2.09 bits per heavy atom. The zero-order valence-corrected chi connectivity index (χ0v) is 14.2. The maximum Gasteiger partial charge on any atom is 0.355 e. The van der Waals surface area contributed by atoms with E-state index in [1.165, 1.54) is 16.7 Å². The maximum atomic E-state index is 12.0. The minimum Gasteiger partial charge on any atom is -0.481 e. The van der Waals surface area contributed by atoms with Gasteiger partial charge >= 0.3 is 5.97 Å². The predicted octanol–water partition coefficient (Wildman–Crippen LogP) is 2.65. The molecule has 6 nitrogen and oxygen atoms in total. The zero-order chi connectivity index (χ0) is 16.8. The number of thioether (sulfide) groups is 1. The van der Waals surface area contributed by atoms with E-state index in [2.05, 4.69) is 10.3 Å². The molecule has 1 heterocycles. The first-order valence-corrected chi connectivity index (χ1v) is 8.86. The highest BCUT2D eigenvalue weighted by Crippen LogP contribution is 2.19. The molecule has 0 aliphatic heterocycles. The number of carbonyl (C=O) groups is 2. The molecule has 8 heteroatoms. The molecule has 2 rings (SSSR count). The second-order valence-corrected chi connectivity index (χ2v) is 6.41. The number of nitrogens with zero attached hydrogens (tertiary/aromatic N) is 1. The summed E-state index contributed by atoms with van der Waals surface area (Å²) in [6.07, 6.45) is 1.33. The lowest BCUT2D eigenvalue weighted by atomic mass is 10.3. The number of carboxylic acid groups (broad SMARTS) is 1. The number of aromatic carboxylic acids is 1. The van der Waals surface area contributed by atoms with Crippen LogP contribution < -0.4 is 10.1 Å². The minimum absolute atomic E-state index is 0.0163. The zero-order valence-electron chi connectivity index (χ0n) is 12.6. The van der Waals surface area contributed by atoms with Crippen LogP contribution in [0.3, 0.4) is 0 Å². The summed E-state index contributed by atoms with van der Waals surface area (Å²) in [4.78, 5) is 27.8. The molecule has 2 N–H and O–H groups in total. The second kappa shape index (κ2) is 7.98. The number of benzene rings is 1. The van der Waals surface area contributed by atoms with Crippen LogP contribution in [-0.2, 0) is 11.3 Å². The highest BCUT2D eigenvalue weighted by molar-refractivity contribution is 7.98. The van der Waals surface area contributed by atoms with Crippen LogP contribution in [0, 0.1) is 0 Å². The molecule has 0 aliphatic rings. The van der Waals surface area contributed by atoms with Crippen LogP contribution in [0.5, 0.6) is 5.75 Å². The van der Waals surface area contributed by atoms with Crippen molar-refractivity contribution in [3.8, 4) is 5.75 Å². The normalized spacial score (nSPS) is 11.7. The van der Waals surface area contributed by atoms with E-state index in [9.17, 15) is 9.59 Å². The monoisotopic (exact) mass is 352 g/mol. The van der Waals surface area contributed by atoms with Crippen LogP contribution in [0.25, 0.3) is 0 Å². The van der Waals surface area contributed by atoms with E-state index in [-0.39, 0.29) is 18.1 Å². The molecule has 0 bridgehead atoms. The van der Waals surface area contributed by atoms with E-state index >= 15 is 0 Å². The van der Waals surface area contributed by atoms with Gasteiger partial charge in [-0.3, -0.25) is 4.79 Å². The summed E-state index contributed by atoms with van der Waals surface area (Å²) in [5.74, 6) is -0.747. The first-order valence-electron chi connectivity index (χ1n) is 6.75. The van der Waals surface area contributed by atoms with Crippen molar-refractivity contribution in [3.05, 3.63) is 40.3 Å². The number of amides is 1. The topological polar surface area (TPSA) is 88.5 Å². The number of ether oxygens (including phenoxy) is 1. The van der Waals surface area contributed by atoms with E-state index in [0.29, 0.717) is 10.8 Å². The van der Waals surface area contributed by atoms with Gasteiger partial charge in [0.2, 0.25) is 0 Å². The third-order valence-electron chi connectivity index (χ3n) is 2.93. The van der Waals surface area contributed by atoms with Gasteiger partial charge in [-0.1, -0.05) is 0 Å². The minimum atomic E-state index is -1.08. The molecule has 1 aromatic heterocycles. The fraction of sp³-hybridized carbons (Fsp3) is 0.267. The fourth-order valence-electron chi connectivity index (χ4n) is 1.71. The van der Waals surface area contributed by atoms with E-state index in [0.717, 1.165) is 4.90 Å². The molecule has 0 radical (unpaired) electrons. The van der Waals surface area contributed by atoms with Crippen molar-refractivity contribution in [2.75, 3.05) is 6.26 Å². The van der Waals surface area contributed by atoms with Crippen molar-refractivity contribution in [1.82, 2.24) is 10.3 Å². The van der Waals surface area contributed by atoms with Crippen LogP contribution >= 0.6 is 23.1 Å². The Morgan fingerprint density at radius 3 is 2.65 bits per heavy atom. The Kier molecular flexibility index (Phi) is 6.00. The molecule has 0 aliphatic carbocycles. The van der Waals surface area contributed by atoms with Crippen LogP contribution in [0.2, 0.25) is 0 Å². The van der Waals surface area contributed by atoms with E-state index in [4.69, 9.17) is 9.84 Å². The van der Waals surface area contributed by atoms with Crippen LogP contribution in [0.4, 0.5) is 0 Å². The first-order chi connectivity index (χ1) is 11.0. The van der Waals surface area contributed by atoms with Gasteiger partial charge in [-0.15, -0.1) is 23.1 Å². The molecule has 23 heavy (non-hydrogen) atoms. The number of thiazole rings is 1. The Labute approximate surface area is 141 Å². The summed E-state index contributed by atoms with van der Waals surface area (Å²) >= 11 is 2.82. The van der Waals surface area contributed by atoms with Crippen molar-refractivity contribution >= 4 is 35.0 Å². The van der Waals surface area contributed by atoms with Gasteiger partial charge in [-0.25, -0.2) is 9.78 Å². The lowest BCUT2D eigenvalue weighted by Crippen LogP contribution is -2.35. The molecule has 1 atom stereocenters. The Hall–Kier alpha value is -2.06. The summed E-state index contributed by atoms with van der Waals surface area (Å²) in [5.41, 5.74) is -0.0163. The Balaban J connectivity index is 1.85. The van der Waals surface area contributed by atoms with Gasteiger partial charge in [0.15, 0.2) is 11.8 Å². The molecule has 1 amide bonds. The average molecular weight is 352 g/mol. The number of rotatable bonds is 7. The lowest BCUT2D eigenvalue weighted by molar-refractivity contribution is -0.127. The second-order valence-electron chi connectivity index (χ2n) is 4.59. The summed E-state index contributed by atoms with van der Waals surface area (Å²) < 4.78 is 5.58. The number of hydrogen-bond donors (Lipinski definition) is 2. The molecular weight excluding hydrogens is 336 g/mol.